The van der Waals surface area contributed by atoms with Crippen LogP contribution in [0.5, 0.6) is 0 Å². The molecule has 1 aliphatic heterocycles. The Morgan fingerprint density at radius 2 is 1.95 bits per heavy atom. The first kappa shape index (κ1) is 15.3. The van der Waals surface area contributed by atoms with Gasteiger partial charge in [-0.3, -0.25) is 0 Å². The van der Waals surface area contributed by atoms with Gasteiger partial charge in [-0.25, -0.2) is 9.18 Å². The highest BCUT2D eigenvalue weighted by atomic mass is 19.1. The van der Waals surface area contributed by atoms with Crippen LogP contribution in [0.2, 0.25) is 0 Å². The summed E-state index contributed by atoms with van der Waals surface area (Å²) in [7, 11) is 0. The van der Waals surface area contributed by atoms with Crippen LogP contribution in [-0.2, 0) is 0 Å². The van der Waals surface area contributed by atoms with Crippen molar-refractivity contribution in [2.45, 2.75) is 50.7 Å². The molecule has 1 saturated heterocycles. The number of anilines is 1. The molecule has 1 aliphatic carbocycles. The maximum absolute atomic E-state index is 13.7. The molecule has 2 fully saturated rings. The monoisotopic (exact) mass is 306 g/mol. The van der Waals surface area contributed by atoms with Crippen LogP contribution in [-0.4, -0.2) is 34.7 Å². The smallest absolute Gasteiger partial charge is 0.322 e. The molecule has 1 aromatic rings. The SMILES string of the molecule is O=C(Nc1ccccc1F)N1CC(O)CC1C1CCCCC1. The molecule has 2 unspecified atom stereocenters. The van der Waals surface area contributed by atoms with E-state index in [0.717, 1.165) is 12.8 Å². The van der Waals surface area contributed by atoms with Gasteiger partial charge in [-0.05, 0) is 37.3 Å². The summed E-state index contributed by atoms with van der Waals surface area (Å²) in [6.45, 7) is 0.335. The zero-order valence-corrected chi connectivity index (χ0v) is 12.7. The number of halogens is 1. The fourth-order valence-electron chi connectivity index (χ4n) is 3.79. The number of likely N-dealkylation sites (tertiary alicyclic amines) is 1. The highest BCUT2D eigenvalue weighted by Gasteiger charge is 2.39. The first-order valence-electron chi connectivity index (χ1n) is 8.15. The van der Waals surface area contributed by atoms with E-state index < -0.39 is 11.9 Å². The largest absolute Gasteiger partial charge is 0.391 e. The molecule has 0 aromatic heterocycles. The van der Waals surface area contributed by atoms with E-state index in [4.69, 9.17) is 0 Å². The van der Waals surface area contributed by atoms with Crippen molar-refractivity contribution in [1.29, 1.82) is 0 Å². The molecule has 0 spiro atoms. The molecule has 2 aliphatic rings. The minimum absolute atomic E-state index is 0.0714. The van der Waals surface area contributed by atoms with Gasteiger partial charge >= 0.3 is 6.03 Å². The van der Waals surface area contributed by atoms with Gasteiger partial charge in [0.25, 0.3) is 0 Å². The lowest BCUT2D eigenvalue weighted by Gasteiger charge is -2.33. The zero-order chi connectivity index (χ0) is 15.5. The van der Waals surface area contributed by atoms with Crippen molar-refractivity contribution in [3.8, 4) is 0 Å². The van der Waals surface area contributed by atoms with E-state index in [2.05, 4.69) is 5.32 Å². The van der Waals surface area contributed by atoms with Crippen LogP contribution in [0.4, 0.5) is 14.9 Å². The Bertz CT molecular complexity index is 531. The molecule has 2 atom stereocenters. The minimum Gasteiger partial charge on any atom is -0.391 e. The molecule has 3 rings (SSSR count). The second-order valence-electron chi connectivity index (χ2n) is 6.42. The number of benzene rings is 1. The molecule has 0 radical (unpaired) electrons. The number of nitrogens with one attached hydrogen (secondary N) is 1. The van der Waals surface area contributed by atoms with Crippen molar-refractivity contribution < 1.29 is 14.3 Å². The third-order valence-electron chi connectivity index (χ3n) is 4.89. The van der Waals surface area contributed by atoms with Crippen LogP contribution in [0.3, 0.4) is 0 Å². The van der Waals surface area contributed by atoms with Gasteiger partial charge in [-0.2, -0.15) is 0 Å². The van der Waals surface area contributed by atoms with Gasteiger partial charge in [0, 0.05) is 12.6 Å². The molecule has 4 nitrogen and oxygen atoms in total. The molecular formula is C17H23FN2O2. The Morgan fingerprint density at radius 1 is 1.23 bits per heavy atom. The third-order valence-corrected chi connectivity index (χ3v) is 4.89. The first-order chi connectivity index (χ1) is 10.6. The summed E-state index contributed by atoms with van der Waals surface area (Å²) in [5.74, 6) is 0.0158. The first-order valence-corrected chi connectivity index (χ1v) is 8.15. The number of aliphatic hydroxyl groups is 1. The zero-order valence-electron chi connectivity index (χ0n) is 12.7. The number of para-hydroxylation sites is 1. The summed E-state index contributed by atoms with van der Waals surface area (Å²) in [6, 6.07) is 5.92. The van der Waals surface area contributed by atoms with E-state index in [1.165, 1.54) is 25.3 Å². The molecule has 2 amide bonds. The Hall–Kier alpha value is -1.62. The van der Waals surface area contributed by atoms with Crippen molar-refractivity contribution in [3.05, 3.63) is 30.1 Å². The second kappa shape index (κ2) is 6.65. The topological polar surface area (TPSA) is 52.6 Å². The fraction of sp³-hybridized carbons (Fsp3) is 0.588. The van der Waals surface area contributed by atoms with Crippen molar-refractivity contribution in [2.75, 3.05) is 11.9 Å². The molecule has 2 N–H and O–H groups in total. The van der Waals surface area contributed by atoms with Crippen LogP contribution < -0.4 is 5.32 Å². The van der Waals surface area contributed by atoms with Crippen molar-refractivity contribution in [1.82, 2.24) is 4.90 Å². The molecule has 0 bridgehead atoms. The lowest BCUT2D eigenvalue weighted by molar-refractivity contribution is 0.164. The molecule has 22 heavy (non-hydrogen) atoms. The highest BCUT2D eigenvalue weighted by molar-refractivity contribution is 5.89. The average molecular weight is 306 g/mol. The second-order valence-corrected chi connectivity index (χ2v) is 6.42. The predicted octanol–water partition coefficient (Wildman–Crippen LogP) is 3.37. The number of carbonyl (C=O) groups is 1. The Labute approximate surface area is 130 Å². The van der Waals surface area contributed by atoms with Gasteiger partial charge < -0.3 is 15.3 Å². The Balaban J connectivity index is 1.70. The lowest BCUT2D eigenvalue weighted by Crippen LogP contribution is -2.43. The Morgan fingerprint density at radius 3 is 2.68 bits per heavy atom. The van der Waals surface area contributed by atoms with Gasteiger partial charge in [0.2, 0.25) is 0 Å². The van der Waals surface area contributed by atoms with Crippen molar-refractivity contribution >= 4 is 11.7 Å². The van der Waals surface area contributed by atoms with Gasteiger partial charge in [0.15, 0.2) is 0 Å². The van der Waals surface area contributed by atoms with E-state index in [1.807, 2.05) is 0 Å². The molecule has 5 heteroatoms. The summed E-state index contributed by atoms with van der Waals surface area (Å²) in [4.78, 5) is 14.2. The predicted molar refractivity (Wildman–Crippen MR) is 83.1 cm³/mol. The van der Waals surface area contributed by atoms with E-state index >= 15 is 0 Å². The number of hydrogen-bond acceptors (Lipinski definition) is 2. The van der Waals surface area contributed by atoms with Crippen molar-refractivity contribution in [2.24, 2.45) is 5.92 Å². The van der Waals surface area contributed by atoms with Gasteiger partial charge in [0.05, 0.1) is 11.8 Å². The van der Waals surface area contributed by atoms with Crippen LogP contribution in [0.25, 0.3) is 0 Å². The van der Waals surface area contributed by atoms with Crippen LogP contribution >= 0.6 is 0 Å². The standard InChI is InChI=1S/C17H23FN2O2/c18-14-8-4-5-9-15(14)19-17(22)20-11-13(21)10-16(20)12-6-2-1-3-7-12/h4-5,8-9,12-13,16,21H,1-3,6-7,10-11H2,(H,19,22). The molecule has 1 aromatic carbocycles. The molecule has 1 heterocycles. The van der Waals surface area contributed by atoms with Gasteiger partial charge in [0.1, 0.15) is 5.82 Å². The molecule has 1 saturated carbocycles. The number of urea groups is 1. The third kappa shape index (κ3) is 3.24. The number of amides is 2. The van der Waals surface area contributed by atoms with Crippen molar-refractivity contribution in [3.63, 3.8) is 0 Å². The van der Waals surface area contributed by atoms with Crippen LogP contribution in [0, 0.1) is 11.7 Å². The summed E-state index contributed by atoms with van der Waals surface area (Å²) in [5, 5.41) is 12.6. The summed E-state index contributed by atoms with van der Waals surface area (Å²) < 4.78 is 13.7. The van der Waals surface area contributed by atoms with E-state index in [0.29, 0.717) is 18.9 Å². The number of rotatable bonds is 2. The number of aliphatic hydroxyl groups excluding tert-OH is 1. The summed E-state index contributed by atoms with van der Waals surface area (Å²) >= 11 is 0. The summed E-state index contributed by atoms with van der Waals surface area (Å²) in [6.07, 6.45) is 6.03. The number of nitrogens with zero attached hydrogens (tertiary/aromatic N) is 1. The van der Waals surface area contributed by atoms with Crippen LogP contribution in [0.15, 0.2) is 24.3 Å². The number of hydrogen-bond donors (Lipinski definition) is 2. The lowest BCUT2D eigenvalue weighted by atomic mass is 9.83. The minimum atomic E-state index is -0.474. The van der Waals surface area contributed by atoms with Gasteiger partial charge in [-0.15, -0.1) is 0 Å². The van der Waals surface area contributed by atoms with E-state index in [9.17, 15) is 14.3 Å². The average Bonchev–Trinajstić information content (AvgIpc) is 2.92. The van der Waals surface area contributed by atoms with E-state index in [1.54, 1.807) is 23.1 Å². The van der Waals surface area contributed by atoms with Gasteiger partial charge in [-0.1, -0.05) is 31.4 Å². The fourth-order valence-corrected chi connectivity index (χ4v) is 3.79. The maximum atomic E-state index is 13.7. The normalized spacial score (nSPS) is 26.2. The molecule has 120 valence electrons. The Kier molecular flexibility index (Phi) is 4.62. The number of β-amino-alcohol motifs (C(OH)–C–C–N with tert-alkyl or cyclic N) is 1. The maximum Gasteiger partial charge on any atom is 0.322 e. The summed E-state index contributed by atoms with van der Waals surface area (Å²) in [5.41, 5.74) is 0.191. The number of carbonyl (C=O) groups excluding carboxylic acids is 1. The highest BCUT2D eigenvalue weighted by Crippen LogP contribution is 2.34. The van der Waals surface area contributed by atoms with Crippen LogP contribution in [0.1, 0.15) is 38.5 Å². The van der Waals surface area contributed by atoms with E-state index in [-0.39, 0.29) is 17.8 Å². The molecular weight excluding hydrogens is 283 g/mol. The quantitative estimate of drug-likeness (QED) is 0.880.